The Morgan fingerprint density at radius 2 is 1.96 bits per heavy atom. The summed E-state index contributed by atoms with van der Waals surface area (Å²) in [4.78, 5) is 10.7. The van der Waals surface area contributed by atoms with Crippen LogP contribution in [0.1, 0.15) is 11.3 Å². The lowest BCUT2D eigenvalue weighted by atomic mass is 10.1. The van der Waals surface area contributed by atoms with Gasteiger partial charge in [0.25, 0.3) is 5.69 Å². The number of nitro groups is 1. The summed E-state index contributed by atoms with van der Waals surface area (Å²) in [6, 6.07) is 15.2. The van der Waals surface area contributed by atoms with E-state index in [-0.39, 0.29) is 10.7 Å². The highest BCUT2D eigenvalue weighted by Crippen LogP contribution is 2.33. The number of benzene rings is 2. The molecular formula is C18H13Cl2N3O3. The second kappa shape index (κ2) is 8.03. The smallest absolute Gasteiger partial charge is 0.281 e. The lowest BCUT2D eigenvalue weighted by Gasteiger charge is -2.02. The van der Waals surface area contributed by atoms with Gasteiger partial charge in [0.15, 0.2) is 0 Å². The van der Waals surface area contributed by atoms with Gasteiger partial charge in [-0.25, -0.2) is 0 Å². The number of hydrazone groups is 1. The highest BCUT2D eigenvalue weighted by Gasteiger charge is 2.18. The Morgan fingerprint density at radius 3 is 2.73 bits per heavy atom. The van der Waals surface area contributed by atoms with Crippen LogP contribution in [0.4, 0.5) is 5.69 Å². The zero-order valence-electron chi connectivity index (χ0n) is 13.4. The normalized spacial score (nSPS) is 11.0. The third-order valence-corrected chi connectivity index (χ3v) is 4.16. The maximum absolute atomic E-state index is 11.2. The maximum Gasteiger partial charge on any atom is 0.281 e. The van der Waals surface area contributed by atoms with E-state index >= 15 is 0 Å². The summed E-state index contributed by atoms with van der Waals surface area (Å²) in [7, 11) is 0. The third kappa shape index (κ3) is 4.22. The fourth-order valence-electron chi connectivity index (χ4n) is 2.31. The minimum atomic E-state index is -0.497. The Balaban J connectivity index is 1.71. The molecule has 0 aliphatic heterocycles. The quantitative estimate of drug-likeness (QED) is 0.353. The number of furan rings is 1. The molecule has 0 unspecified atom stereocenters. The van der Waals surface area contributed by atoms with E-state index in [2.05, 4.69) is 10.5 Å². The molecule has 1 heterocycles. The van der Waals surface area contributed by atoms with E-state index in [4.69, 9.17) is 27.6 Å². The van der Waals surface area contributed by atoms with Gasteiger partial charge in [-0.15, -0.1) is 0 Å². The number of hydrogen-bond acceptors (Lipinski definition) is 5. The van der Waals surface area contributed by atoms with Crippen LogP contribution in [0.15, 0.2) is 64.1 Å². The van der Waals surface area contributed by atoms with Crippen molar-refractivity contribution in [3.05, 3.63) is 86.1 Å². The number of nitro benzene ring substituents is 1. The second-order valence-electron chi connectivity index (χ2n) is 5.31. The molecule has 1 N–H and O–H groups in total. The predicted octanol–water partition coefficient (Wildman–Crippen LogP) is 5.29. The number of nitrogens with one attached hydrogen (secondary N) is 1. The van der Waals surface area contributed by atoms with Crippen LogP contribution in [0.3, 0.4) is 0 Å². The lowest BCUT2D eigenvalue weighted by Crippen LogP contribution is -2.05. The van der Waals surface area contributed by atoms with Crippen LogP contribution in [0.2, 0.25) is 10.0 Å². The second-order valence-corrected chi connectivity index (χ2v) is 6.15. The Labute approximate surface area is 159 Å². The van der Waals surface area contributed by atoms with Crippen molar-refractivity contribution in [1.82, 2.24) is 5.43 Å². The number of hydrogen-bond donors (Lipinski definition) is 1. The molecule has 26 heavy (non-hydrogen) atoms. The van der Waals surface area contributed by atoms with E-state index in [0.717, 1.165) is 5.56 Å². The molecule has 0 saturated heterocycles. The maximum atomic E-state index is 11.2. The third-order valence-electron chi connectivity index (χ3n) is 3.56. The first-order chi connectivity index (χ1) is 12.5. The zero-order chi connectivity index (χ0) is 18.5. The molecule has 6 nitrogen and oxygen atoms in total. The van der Waals surface area contributed by atoms with Crippen molar-refractivity contribution in [2.75, 3.05) is 0 Å². The Bertz CT molecular complexity index is 970. The zero-order valence-corrected chi connectivity index (χ0v) is 14.9. The minimum absolute atomic E-state index is 0.118. The van der Waals surface area contributed by atoms with E-state index in [0.29, 0.717) is 28.7 Å². The molecular weight excluding hydrogens is 377 g/mol. The molecule has 0 saturated carbocycles. The van der Waals surface area contributed by atoms with Crippen molar-refractivity contribution >= 4 is 35.1 Å². The fourth-order valence-corrected chi connectivity index (χ4v) is 2.68. The van der Waals surface area contributed by atoms with E-state index in [9.17, 15) is 10.1 Å². The first-order valence-electron chi connectivity index (χ1n) is 7.58. The van der Waals surface area contributed by atoms with E-state index in [1.807, 2.05) is 18.2 Å². The van der Waals surface area contributed by atoms with E-state index in [1.165, 1.54) is 12.3 Å². The van der Waals surface area contributed by atoms with Crippen molar-refractivity contribution in [3.63, 3.8) is 0 Å². The van der Waals surface area contributed by atoms with E-state index in [1.54, 1.807) is 30.3 Å². The average Bonchev–Trinajstić information content (AvgIpc) is 3.08. The van der Waals surface area contributed by atoms with Crippen LogP contribution >= 0.6 is 23.2 Å². The van der Waals surface area contributed by atoms with Gasteiger partial charge in [0.1, 0.15) is 11.5 Å². The summed E-state index contributed by atoms with van der Waals surface area (Å²) in [5, 5.41) is 16.2. The van der Waals surface area contributed by atoms with Gasteiger partial charge in [0, 0.05) is 16.1 Å². The first-order valence-corrected chi connectivity index (χ1v) is 8.33. The largest absolute Gasteiger partial charge is 0.455 e. The van der Waals surface area contributed by atoms with Gasteiger partial charge in [-0.05, 0) is 35.9 Å². The summed E-state index contributed by atoms with van der Waals surface area (Å²) in [6.07, 6.45) is 1.49. The van der Waals surface area contributed by atoms with Crippen LogP contribution in [-0.4, -0.2) is 11.1 Å². The molecule has 132 valence electrons. The van der Waals surface area contributed by atoms with Crippen LogP contribution in [0.5, 0.6) is 0 Å². The first kappa shape index (κ1) is 18.0. The highest BCUT2D eigenvalue weighted by atomic mass is 35.5. The molecule has 0 amide bonds. The average molecular weight is 390 g/mol. The summed E-state index contributed by atoms with van der Waals surface area (Å²) >= 11 is 11.9. The number of rotatable bonds is 6. The van der Waals surface area contributed by atoms with Crippen LogP contribution in [0, 0.1) is 10.1 Å². The SMILES string of the molecule is O=[N+]([O-])c1cc(Cl)ccc1-c1ccc(/C=N\NCc2ccccc2Cl)o1. The fraction of sp³-hybridized carbons (Fsp3) is 0.0556. The van der Waals surface area contributed by atoms with Gasteiger partial charge in [0.05, 0.1) is 23.2 Å². The standard InChI is InChI=1S/C18H13Cl2N3O3/c19-13-5-7-15(17(9-13)23(24)25)18-8-6-14(26-18)11-22-21-10-12-3-1-2-4-16(12)20/h1-9,11,21H,10H2/b22-11-. The van der Waals surface area contributed by atoms with Gasteiger partial charge >= 0.3 is 0 Å². The Kier molecular flexibility index (Phi) is 5.55. The van der Waals surface area contributed by atoms with Gasteiger partial charge in [-0.3, -0.25) is 10.1 Å². The molecule has 0 aliphatic carbocycles. The molecule has 2 aromatic carbocycles. The molecule has 0 radical (unpaired) electrons. The molecule has 0 aliphatic rings. The topological polar surface area (TPSA) is 80.7 Å². The monoisotopic (exact) mass is 389 g/mol. The van der Waals surface area contributed by atoms with Crippen LogP contribution in [-0.2, 0) is 6.54 Å². The van der Waals surface area contributed by atoms with Gasteiger partial charge in [0.2, 0.25) is 0 Å². The Hall–Kier alpha value is -2.83. The molecule has 0 spiro atoms. The van der Waals surface area contributed by atoms with Gasteiger partial charge in [-0.1, -0.05) is 41.4 Å². The van der Waals surface area contributed by atoms with E-state index < -0.39 is 4.92 Å². The lowest BCUT2D eigenvalue weighted by molar-refractivity contribution is -0.384. The summed E-state index contributed by atoms with van der Waals surface area (Å²) in [5.41, 5.74) is 4.03. The molecule has 0 fully saturated rings. The number of nitrogens with zero attached hydrogens (tertiary/aromatic N) is 2. The van der Waals surface area contributed by atoms with Gasteiger partial charge < -0.3 is 9.84 Å². The summed E-state index contributed by atoms with van der Waals surface area (Å²) < 4.78 is 5.61. The van der Waals surface area contributed by atoms with Gasteiger partial charge in [-0.2, -0.15) is 5.10 Å². The van der Waals surface area contributed by atoms with Crippen LogP contribution < -0.4 is 5.43 Å². The molecule has 0 atom stereocenters. The van der Waals surface area contributed by atoms with Crippen molar-refractivity contribution in [2.24, 2.45) is 5.10 Å². The molecule has 3 aromatic rings. The molecule has 0 bridgehead atoms. The summed E-state index contributed by atoms with van der Waals surface area (Å²) in [5.74, 6) is 0.817. The van der Waals surface area contributed by atoms with Crippen molar-refractivity contribution in [1.29, 1.82) is 0 Å². The highest BCUT2D eigenvalue weighted by molar-refractivity contribution is 6.31. The van der Waals surface area contributed by atoms with Crippen LogP contribution in [0.25, 0.3) is 11.3 Å². The van der Waals surface area contributed by atoms with Crippen molar-refractivity contribution in [2.45, 2.75) is 6.54 Å². The molecule has 1 aromatic heterocycles. The number of halogens is 2. The van der Waals surface area contributed by atoms with Crippen molar-refractivity contribution in [3.8, 4) is 11.3 Å². The Morgan fingerprint density at radius 1 is 1.15 bits per heavy atom. The summed E-state index contributed by atoms with van der Waals surface area (Å²) in [6.45, 7) is 0.465. The molecule has 3 rings (SSSR count). The molecule has 8 heteroatoms. The predicted molar refractivity (Wildman–Crippen MR) is 102 cm³/mol. The van der Waals surface area contributed by atoms with Crippen molar-refractivity contribution < 1.29 is 9.34 Å². The minimum Gasteiger partial charge on any atom is -0.455 e.